The molecule has 14 heteroatoms. The number of fused-ring (bicyclic) bond motifs is 1. The molecule has 1 aliphatic carbocycles. The van der Waals surface area contributed by atoms with Gasteiger partial charge in [0.25, 0.3) is 7.52 Å². The normalized spacial score (nSPS) is 26.0. The van der Waals surface area contributed by atoms with E-state index in [1.807, 2.05) is 34.9 Å². The second kappa shape index (κ2) is 11.9. The molecule has 2 fully saturated rings. The Hall–Kier alpha value is -3.25. The van der Waals surface area contributed by atoms with Crippen molar-refractivity contribution in [3.05, 3.63) is 36.7 Å². The minimum absolute atomic E-state index is 0.0666. The molecule has 7 atom stereocenters. The number of esters is 1. The molecular weight excluding hydrogens is 549 g/mol. The number of nitrogens with one attached hydrogen (secondary N) is 2. The summed E-state index contributed by atoms with van der Waals surface area (Å²) in [6.07, 6.45) is 1.52. The van der Waals surface area contributed by atoms with Crippen molar-refractivity contribution < 1.29 is 28.1 Å². The van der Waals surface area contributed by atoms with E-state index in [2.05, 4.69) is 32.3 Å². The molecule has 1 aliphatic heterocycles. The predicted octanol–water partition coefficient (Wildman–Crippen LogP) is 3.73. The number of benzene rings is 1. The fourth-order valence-electron chi connectivity index (χ4n) is 5.06. The smallest absolute Gasteiger partial charge is 0.323 e. The van der Waals surface area contributed by atoms with Crippen LogP contribution in [0, 0.1) is 5.92 Å². The Balaban J connectivity index is 1.29. The first-order chi connectivity index (χ1) is 19.6. The number of hydrogen-bond donors (Lipinski definition) is 3. The lowest BCUT2D eigenvalue weighted by Gasteiger charge is -2.25. The lowest BCUT2D eigenvalue weighted by molar-refractivity contribution is -0.149. The largest absolute Gasteiger partial charge is 0.489 e. The molecule has 13 nitrogen and oxygen atoms in total. The topological polar surface area (TPSA) is 165 Å². The van der Waals surface area contributed by atoms with Gasteiger partial charge in [-0.05, 0) is 39.3 Å². The first-order valence-electron chi connectivity index (χ1n) is 13.9. The van der Waals surface area contributed by atoms with Crippen molar-refractivity contribution >= 4 is 36.4 Å². The number of nitrogen functional groups attached to an aromatic ring is 1. The summed E-state index contributed by atoms with van der Waals surface area (Å²) in [6, 6.07) is 8.53. The summed E-state index contributed by atoms with van der Waals surface area (Å²) in [5.74, 6) is 0.934. The zero-order valence-electron chi connectivity index (χ0n) is 23.9. The first kappa shape index (κ1) is 29.2. The van der Waals surface area contributed by atoms with Crippen LogP contribution in [0.5, 0.6) is 5.75 Å². The lowest BCUT2D eigenvalue weighted by Crippen LogP contribution is -2.37. The van der Waals surface area contributed by atoms with Crippen LogP contribution in [0.15, 0.2) is 36.7 Å². The SMILES string of the molecule is CNc1nc(N)nc2c1ncn2[C@@H]1OC(COP(=O)(N[C@@H](C)C(=O)OC(C)C)[C@H]2CC2Oc2ccccc2)C[C@@H]1C. The van der Waals surface area contributed by atoms with Gasteiger partial charge in [-0.2, -0.15) is 9.97 Å². The summed E-state index contributed by atoms with van der Waals surface area (Å²) >= 11 is 0. The minimum atomic E-state index is -3.56. The lowest BCUT2D eigenvalue weighted by atomic mass is 10.1. The maximum Gasteiger partial charge on any atom is 0.323 e. The molecule has 3 unspecified atom stereocenters. The number of nitrogens with zero attached hydrogens (tertiary/aromatic N) is 4. The molecule has 1 saturated heterocycles. The monoisotopic (exact) mass is 587 g/mol. The van der Waals surface area contributed by atoms with Crippen LogP contribution in [0.3, 0.4) is 0 Å². The molecule has 0 bridgehead atoms. The van der Waals surface area contributed by atoms with Gasteiger partial charge >= 0.3 is 5.97 Å². The number of carbonyl (C=O) groups excluding carboxylic acids is 1. The van der Waals surface area contributed by atoms with Crippen LogP contribution in [-0.2, 0) is 23.4 Å². The Bertz CT molecular complexity index is 1420. The molecule has 5 rings (SSSR count). The number of nitrogens with two attached hydrogens (primary N) is 1. The molecule has 4 N–H and O–H groups in total. The summed E-state index contributed by atoms with van der Waals surface area (Å²) in [5.41, 5.74) is 6.66. The van der Waals surface area contributed by atoms with Crippen LogP contribution in [0.1, 0.15) is 46.8 Å². The summed E-state index contributed by atoms with van der Waals surface area (Å²) in [5, 5.41) is 5.96. The van der Waals surface area contributed by atoms with Gasteiger partial charge in [0, 0.05) is 19.4 Å². The van der Waals surface area contributed by atoms with Crippen molar-refractivity contribution in [3.8, 4) is 5.75 Å². The van der Waals surface area contributed by atoms with Gasteiger partial charge in [0.15, 0.2) is 17.0 Å². The average molecular weight is 588 g/mol. The standard InChI is InChI=1S/C27H38N7O6P/c1-15(2)38-26(35)17(4)33-41(36,21-12-20(21)39-18-9-7-6-8-10-18)37-13-19-11-16(3)25(40-19)34-14-30-22-23(29-5)31-27(28)32-24(22)34/h6-10,14-17,19-21,25H,11-13H2,1-5H3,(H,33,36)(H3,28,29,31,32)/t16-,17-,19?,20?,21-,25+,41?/m0/s1. The van der Waals surface area contributed by atoms with Crippen molar-refractivity contribution in [2.75, 3.05) is 24.7 Å². The molecule has 41 heavy (non-hydrogen) atoms. The maximum absolute atomic E-state index is 14.3. The molecule has 0 spiro atoms. The highest BCUT2D eigenvalue weighted by molar-refractivity contribution is 7.58. The van der Waals surface area contributed by atoms with Gasteiger partial charge in [0.05, 0.1) is 30.8 Å². The van der Waals surface area contributed by atoms with Gasteiger partial charge < -0.3 is 29.8 Å². The Morgan fingerprint density at radius 2 is 1.98 bits per heavy atom. The van der Waals surface area contributed by atoms with Crippen LogP contribution >= 0.6 is 7.52 Å². The Morgan fingerprint density at radius 1 is 1.22 bits per heavy atom. The van der Waals surface area contributed by atoms with Crippen LogP contribution in [0.25, 0.3) is 11.2 Å². The Morgan fingerprint density at radius 3 is 2.68 bits per heavy atom. The summed E-state index contributed by atoms with van der Waals surface area (Å²) < 4.78 is 40.0. The number of rotatable bonds is 12. The summed E-state index contributed by atoms with van der Waals surface area (Å²) in [7, 11) is -1.81. The predicted molar refractivity (Wildman–Crippen MR) is 154 cm³/mol. The molecule has 3 heterocycles. The zero-order chi connectivity index (χ0) is 29.3. The van der Waals surface area contributed by atoms with Crippen molar-refractivity contribution in [1.29, 1.82) is 0 Å². The van der Waals surface area contributed by atoms with Gasteiger partial charge in [-0.1, -0.05) is 25.1 Å². The third-order valence-corrected chi connectivity index (χ3v) is 9.80. The second-order valence-corrected chi connectivity index (χ2v) is 13.2. The molecule has 3 aromatic rings. The maximum atomic E-state index is 14.3. The Kier molecular flexibility index (Phi) is 8.51. The van der Waals surface area contributed by atoms with E-state index < -0.39 is 25.2 Å². The molecular formula is C27H38N7O6P. The van der Waals surface area contributed by atoms with E-state index in [0.29, 0.717) is 35.6 Å². The molecule has 1 saturated carbocycles. The zero-order valence-corrected chi connectivity index (χ0v) is 24.8. The van der Waals surface area contributed by atoms with Crippen molar-refractivity contribution in [1.82, 2.24) is 24.6 Å². The van der Waals surface area contributed by atoms with Gasteiger partial charge in [0.1, 0.15) is 24.1 Å². The highest BCUT2D eigenvalue weighted by atomic mass is 31.2. The van der Waals surface area contributed by atoms with Crippen molar-refractivity contribution in [2.45, 2.75) is 76.8 Å². The van der Waals surface area contributed by atoms with Crippen LogP contribution in [-0.4, -0.2) is 69.2 Å². The molecule has 222 valence electrons. The highest BCUT2D eigenvalue weighted by Crippen LogP contribution is 2.60. The van der Waals surface area contributed by atoms with Crippen LogP contribution < -0.4 is 20.9 Å². The number of para-hydroxylation sites is 1. The number of imidazole rings is 1. The molecule has 1 aromatic carbocycles. The van der Waals surface area contributed by atoms with Gasteiger partial charge in [-0.15, -0.1) is 0 Å². The molecule has 0 amide bonds. The van der Waals surface area contributed by atoms with E-state index in [1.54, 1.807) is 34.1 Å². The minimum Gasteiger partial charge on any atom is -0.489 e. The number of anilines is 2. The van der Waals surface area contributed by atoms with Crippen molar-refractivity contribution in [2.24, 2.45) is 5.92 Å². The van der Waals surface area contributed by atoms with Crippen LogP contribution in [0.2, 0.25) is 0 Å². The fraction of sp³-hybridized carbons (Fsp3) is 0.556. The van der Waals surface area contributed by atoms with Crippen molar-refractivity contribution in [3.63, 3.8) is 0 Å². The van der Waals surface area contributed by atoms with E-state index in [0.717, 1.165) is 0 Å². The van der Waals surface area contributed by atoms with Gasteiger partial charge in [0.2, 0.25) is 5.95 Å². The summed E-state index contributed by atoms with van der Waals surface area (Å²) in [4.78, 5) is 25.6. The van der Waals surface area contributed by atoms with Gasteiger partial charge in [-0.25, -0.2) is 10.1 Å². The molecule has 2 aliphatic rings. The highest BCUT2D eigenvalue weighted by Gasteiger charge is 2.55. The number of carbonyl (C=O) groups is 1. The second-order valence-electron chi connectivity index (χ2n) is 10.9. The van der Waals surface area contributed by atoms with E-state index in [-0.39, 0.29) is 43.0 Å². The number of aromatic nitrogens is 4. The average Bonchev–Trinajstić information content (AvgIpc) is 3.43. The van der Waals surface area contributed by atoms with E-state index in [4.69, 9.17) is 24.5 Å². The quantitative estimate of drug-likeness (QED) is 0.208. The van der Waals surface area contributed by atoms with Gasteiger partial charge in [-0.3, -0.25) is 13.9 Å². The summed E-state index contributed by atoms with van der Waals surface area (Å²) in [6.45, 7) is 7.29. The van der Waals surface area contributed by atoms with E-state index >= 15 is 0 Å². The third-order valence-electron chi connectivity index (χ3n) is 7.10. The number of hydrogen-bond acceptors (Lipinski definition) is 11. The third kappa shape index (κ3) is 6.48. The van der Waals surface area contributed by atoms with E-state index in [1.165, 1.54) is 0 Å². The van der Waals surface area contributed by atoms with E-state index in [9.17, 15) is 9.36 Å². The molecule has 2 aromatic heterocycles. The Labute approximate surface area is 239 Å². The number of ether oxygens (including phenoxy) is 3. The first-order valence-corrected chi connectivity index (χ1v) is 15.5. The fourth-order valence-corrected chi connectivity index (χ4v) is 7.53. The van der Waals surface area contributed by atoms with Crippen LogP contribution in [0.4, 0.5) is 11.8 Å². The molecule has 0 radical (unpaired) electrons.